The number of esters is 1. The number of rotatable bonds is 7. The van der Waals surface area contributed by atoms with Gasteiger partial charge in [0.15, 0.2) is 20.0 Å². The van der Waals surface area contributed by atoms with Crippen molar-refractivity contribution in [2.24, 2.45) is 0 Å². The summed E-state index contributed by atoms with van der Waals surface area (Å²) in [4.78, 5) is 27.9. The number of halogens is 1. The first-order valence-electron chi connectivity index (χ1n) is 7.30. The minimum Gasteiger partial charge on any atom is -0.426 e. The van der Waals surface area contributed by atoms with Crippen LogP contribution in [0.3, 0.4) is 0 Å². The number of sulfone groups is 1. The summed E-state index contributed by atoms with van der Waals surface area (Å²) in [7, 11) is -3.62. The number of carbonyl (C=O) groups excluding carboxylic acids is 2. The fourth-order valence-electron chi connectivity index (χ4n) is 1.87. The Morgan fingerprint density at radius 1 is 1.35 bits per heavy atom. The minimum atomic E-state index is -3.62. The molecule has 1 amide bonds. The van der Waals surface area contributed by atoms with Crippen LogP contribution in [0.4, 0.5) is 5.13 Å². The number of anilines is 1. The van der Waals surface area contributed by atoms with E-state index in [0.717, 1.165) is 17.6 Å². The molecule has 8 nitrogen and oxygen atoms in total. The molecule has 1 heterocycles. The van der Waals surface area contributed by atoms with Crippen LogP contribution >= 0.6 is 22.9 Å². The lowest BCUT2D eigenvalue weighted by Gasteiger charge is -2.09. The Balaban J connectivity index is 2.19. The summed E-state index contributed by atoms with van der Waals surface area (Å²) >= 11 is 6.65. The number of benzene rings is 1. The van der Waals surface area contributed by atoms with Gasteiger partial charge in [0.25, 0.3) is 5.91 Å². The van der Waals surface area contributed by atoms with Crippen molar-refractivity contribution in [3.05, 3.63) is 34.2 Å². The maximum atomic E-state index is 12.4. The van der Waals surface area contributed by atoms with Crippen LogP contribution in [-0.4, -0.2) is 43.2 Å². The molecule has 0 aliphatic heterocycles. The quantitative estimate of drug-likeness (QED) is 0.521. The summed E-state index contributed by atoms with van der Waals surface area (Å²) in [6.07, 6.45) is 1.21. The summed E-state index contributed by atoms with van der Waals surface area (Å²) in [5.41, 5.74) is 0.0667. The Kier molecular flexibility index (Phi) is 6.70. The van der Waals surface area contributed by atoms with Crippen molar-refractivity contribution in [3.63, 3.8) is 0 Å². The molecule has 0 saturated heterocycles. The van der Waals surface area contributed by atoms with E-state index in [2.05, 4.69) is 10.3 Å². The van der Waals surface area contributed by atoms with E-state index in [4.69, 9.17) is 21.4 Å². The number of nitrogens with zero attached hydrogens (tertiary/aromatic N) is 1. The van der Waals surface area contributed by atoms with E-state index in [-0.39, 0.29) is 45.3 Å². The highest BCUT2D eigenvalue weighted by atomic mass is 35.5. The molecule has 0 aliphatic rings. The van der Waals surface area contributed by atoms with Crippen LogP contribution in [0.25, 0.3) is 0 Å². The van der Waals surface area contributed by atoms with Gasteiger partial charge in [0, 0.05) is 19.3 Å². The van der Waals surface area contributed by atoms with Gasteiger partial charge in [-0.05, 0) is 18.6 Å². The second kappa shape index (κ2) is 8.58. The Hall–Kier alpha value is -2.01. The molecule has 0 atom stereocenters. The summed E-state index contributed by atoms with van der Waals surface area (Å²) in [5.74, 6) is -1.18. The van der Waals surface area contributed by atoms with Crippen LogP contribution in [0.2, 0.25) is 4.34 Å². The van der Waals surface area contributed by atoms with Crippen molar-refractivity contribution in [2.45, 2.75) is 17.9 Å². The first-order chi connectivity index (χ1) is 12.2. The molecule has 0 aliphatic carbocycles. The number of nitrogens with one attached hydrogen (secondary N) is 1. The largest absolute Gasteiger partial charge is 0.426 e. The van der Waals surface area contributed by atoms with Crippen LogP contribution in [0.1, 0.15) is 23.2 Å². The molecular formula is C15H15ClN2O6S2. The lowest BCUT2D eigenvalue weighted by Crippen LogP contribution is -2.16. The molecule has 0 radical (unpaired) electrons. The molecule has 2 rings (SSSR count). The number of para-hydroxylation sites is 1. The number of aromatic nitrogens is 1. The summed E-state index contributed by atoms with van der Waals surface area (Å²) in [6.45, 7) is -0.148. The topological polar surface area (TPSA) is 123 Å². The van der Waals surface area contributed by atoms with Crippen LogP contribution in [0, 0.1) is 0 Å². The third-order valence-electron chi connectivity index (χ3n) is 3.02. The van der Waals surface area contributed by atoms with E-state index in [1.807, 2.05) is 0 Å². The molecule has 0 unspecified atom stereocenters. The van der Waals surface area contributed by atoms with Gasteiger partial charge in [0.1, 0.15) is 10.1 Å². The lowest BCUT2D eigenvalue weighted by molar-refractivity contribution is -0.134. The second-order valence-electron chi connectivity index (χ2n) is 5.12. The van der Waals surface area contributed by atoms with Gasteiger partial charge in [-0.1, -0.05) is 35.1 Å². The monoisotopic (exact) mass is 418 g/mol. The van der Waals surface area contributed by atoms with Gasteiger partial charge in [0.05, 0.1) is 5.56 Å². The SMILES string of the molecule is CS(=O)(=O)c1nc(NC(=O)c2ccccc2OC(=O)CCCO)sc1Cl. The Bertz CT molecular complexity index is 926. The molecule has 0 spiro atoms. The van der Waals surface area contributed by atoms with Crippen LogP contribution < -0.4 is 10.1 Å². The first kappa shape index (κ1) is 20.3. The van der Waals surface area contributed by atoms with Crippen molar-refractivity contribution < 1.29 is 27.9 Å². The molecule has 1 aromatic carbocycles. The van der Waals surface area contributed by atoms with E-state index in [0.29, 0.717) is 0 Å². The molecule has 11 heteroatoms. The Labute approximate surface area is 158 Å². The van der Waals surface area contributed by atoms with Gasteiger partial charge in [0.2, 0.25) is 0 Å². The molecule has 2 N–H and O–H groups in total. The standard InChI is InChI=1S/C15H15ClN2O6S2/c1-26(22,23)14-12(16)25-15(18-14)17-13(21)9-5-2-3-6-10(9)24-11(20)7-4-8-19/h2-3,5-6,19H,4,7-8H2,1H3,(H,17,18,21). The molecule has 2 aromatic rings. The summed E-state index contributed by atoms with van der Waals surface area (Å²) in [5, 5.41) is 10.9. The highest BCUT2D eigenvalue weighted by Gasteiger charge is 2.21. The normalized spacial score (nSPS) is 11.2. The zero-order chi connectivity index (χ0) is 19.3. The molecular weight excluding hydrogens is 404 g/mol. The van der Waals surface area contributed by atoms with Crippen molar-refractivity contribution in [1.29, 1.82) is 0 Å². The molecule has 0 saturated carbocycles. The summed E-state index contributed by atoms with van der Waals surface area (Å²) in [6, 6.07) is 6.06. The van der Waals surface area contributed by atoms with Gasteiger partial charge in [-0.3, -0.25) is 14.9 Å². The number of ether oxygens (including phenoxy) is 1. The van der Waals surface area contributed by atoms with E-state index in [9.17, 15) is 18.0 Å². The number of hydrogen-bond acceptors (Lipinski definition) is 8. The average molecular weight is 419 g/mol. The van der Waals surface area contributed by atoms with Gasteiger partial charge in [-0.25, -0.2) is 13.4 Å². The predicted molar refractivity (Wildman–Crippen MR) is 96.6 cm³/mol. The molecule has 26 heavy (non-hydrogen) atoms. The van der Waals surface area contributed by atoms with Crippen LogP contribution in [-0.2, 0) is 14.6 Å². The van der Waals surface area contributed by atoms with Crippen molar-refractivity contribution in [1.82, 2.24) is 4.98 Å². The summed E-state index contributed by atoms with van der Waals surface area (Å²) < 4.78 is 28.2. The van der Waals surface area contributed by atoms with E-state index >= 15 is 0 Å². The fraction of sp³-hybridized carbons (Fsp3) is 0.267. The maximum absolute atomic E-state index is 12.4. The van der Waals surface area contributed by atoms with Crippen LogP contribution in [0.5, 0.6) is 5.75 Å². The van der Waals surface area contributed by atoms with Crippen molar-refractivity contribution in [2.75, 3.05) is 18.2 Å². The molecule has 0 fully saturated rings. The third kappa shape index (κ3) is 5.24. The zero-order valence-corrected chi connectivity index (χ0v) is 15.9. The fourth-order valence-corrected chi connectivity index (χ4v) is 4.33. The van der Waals surface area contributed by atoms with Gasteiger partial charge >= 0.3 is 5.97 Å². The number of hydrogen-bond donors (Lipinski definition) is 2. The van der Waals surface area contributed by atoms with Crippen molar-refractivity contribution in [3.8, 4) is 5.75 Å². The Morgan fingerprint density at radius 3 is 2.65 bits per heavy atom. The first-order valence-corrected chi connectivity index (χ1v) is 10.4. The van der Waals surface area contributed by atoms with Gasteiger partial charge in [-0.2, -0.15) is 0 Å². The minimum absolute atomic E-state index is 0.00170. The van der Waals surface area contributed by atoms with Crippen LogP contribution in [0.15, 0.2) is 29.3 Å². The van der Waals surface area contributed by atoms with E-state index in [1.165, 1.54) is 12.1 Å². The number of aliphatic hydroxyl groups excluding tert-OH is 1. The molecule has 1 aromatic heterocycles. The smallest absolute Gasteiger partial charge is 0.311 e. The van der Waals surface area contributed by atoms with E-state index in [1.54, 1.807) is 12.1 Å². The van der Waals surface area contributed by atoms with Gasteiger partial charge in [-0.15, -0.1) is 0 Å². The third-order valence-corrected chi connectivity index (χ3v) is 5.43. The highest BCUT2D eigenvalue weighted by Crippen LogP contribution is 2.31. The predicted octanol–water partition coefficient (Wildman–Crippen LogP) is 2.13. The second-order valence-corrected chi connectivity index (χ2v) is 8.65. The zero-order valence-electron chi connectivity index (χ0n) is 13.6. The molecule has 140 valence electrons. The number of aliphatic hydroxyl groups is 1. The lowest BCUT2D eigenvalue weighted by atomic mass is 10.2. The molecule has 0 bridgehead atoms. The number of amides is 1. The van der Waals surface area contributed by atoms with Crippen molar-refractivity contribution >= 4 is 49.8 Å². The average Bonchev–Trinajstić information content (AvgIpc) is 2.94. The number of thiazole rings is 1. The Morgan fingerprint density at radius 2 is 2.04 bits per heavy atom. The highest BCUT2D eigenvalue weighted by molar-refractivity contribution is 7.90. The van der Waals surface area contributed by atoms with Gasteiger partial charge < -0.3 is 9.84 Å². The number of carbonyl (C=O) groups is 2. The maximum Gasteiger partial charge on any atom is 0.311 e. The van der Waals surface area contributed by atoms with E-state index < -0.39 is 21.7 Å².